The first-order valence-corrected chi connectivity index (χ1v) is 13.1. The van der Waals surface area contributed by atoms with Crippen LogP contribution in [0.3, 0.4) is 0 Å². The highest BCUT2D eigenvalue weighted by molar-refractivity contribution is 7.91. The highest BCUT2D eigenvalue weighted by Gasteiger charge is 2.34. The number of nitrogens with zero attached hydrogens (tertiary/aromatic N) is 2. The van der Waals surface area contributed by atoms with Gasteiger partial charge in [-0.05, 0) is 36.4 Å². The molecular weight excluding hydrogens is 485 g/mol. The molecule has 3 heterocycles. The Kier molecular flexibility index (Phi) is 6.47. The third kappa shape index (κ3) is 4.56. The second-order valence-electron chi connectivity index (χ2n) is 6.79. The van der Waals surface area contributed by atoms with Gasteiger partial charge in [0.1, 0.15) is 4.21 Å². The molecule has 1 N–H and O–H groups in total. The highest BCUT2D eigenvalue weighted by Crippen LogP contribution is 2.31. The van der Waals surface area contributed by atoms with Crippen molar-refractivity contribution in [3.8, 4) is 11.3 Å². The smallest absolute Gasteiger partial charge is 0.252 e. The second kappa shape index (κ2) is 8.94. The number of thiophene rings is 1. The maximum atomic E-state index is 12.8. The van der Waals surface area contributed by atoms with E-state index in [0.29, 0.717) is 44.5 Å². The quantitative estimate of drug-likeness (QED) is 0.519. The fourth-order valence-corrected chi connectivity index (χ4v) is 6.93. The molecule has 4 rings (SSSR count). The number of carbonyl (C=O) groups excluding carboxylic acids is 1. The molecule has 0 aliphatic carbocycles. The van der Waals surface area contributed by atoms with Crippen molar-refractivity contribution in [3.63, 3.8) is 0 Å². The average molecular weight is 502 g/mol. The Hall–Kier alpha value is -1.49. The van der Waals surface area contributed by atoms with Crippen LogP contribution in [0, 0.1) is 5.92 Å². The maximum absolute atomic E-state index is 12.8. The lowest BCUT2D eigenvalue weighted by molar-refractivity contribution is -0.120. The minimum Gasteiger partial charge on any atom is -0.302 e. The normalized spacial score (nSPS) is 17.7. The van der Waals surface area contributed by atoms with Gasteiger partial charge in [-0.25, -0.2) is 13.4 Å². The van der Waals surface area contributed by atoms with Crippen molar-refractivity contribution >= 4 is 66.9 Å². The summed E-state index contributed by atoms with van der Waals surface area (Å²) in [7, 11) is -3.56. The minimum atomic E-state index is -3.56. The van der Waals surface area contributed by atoms with Crippen molar-refractivity contribution in [2.75, 3.05) is 18.4 Å². The summed E-state index contributed by atoms with van der Waals surface area (Å²) in [5, 5.41) is 7.73. The van der Waals surface area contributed by atoms with Crippen molar-refractivity contribution in [3.05, 3.63) is 51.1 Å². The Morgan fingerprint density at radius 3 is 2.77 bits per heavy atom. The van der Waals surface area contributed by atoms with Crippen molar-refractivity contribution in [2.24, 2.45) is 5.92 Å². The van der Waals surface area contributed by atoms with Crippen LogP contribution in [0.1, 0.15) is 12.8 Å². The summed E-state index contributed by atoms with van der Waals surface area (Å²) < 4.78 is 27.2. The van der Waals surface area contributed by atoms with Crippen LogP contribution in [0.15, 0.2) is 45.3 Å². The lowest BCUT2D eigenvalue weighted by atomic mass is 9.99. The number of rotatable bonds is 5. The van der Waals surface area contributed by atoms with E-state index in [1.54, 1.807) is 29.6 Å². The number of anilines is 1. The summed E-state index contributed by atoms with van der Waals surface area (Å²) in [6, 6.07) is 8.52. The van der Waals surface area contributed by atoms with Crippen LogP contribution in [-0.2, 0) is 14.8 Å². The summed E-state index contributed by atoms with van der Waals surface area (Å²) in [6.45, 7) is 0.583. The van der Waals surface area contributed by atoms with Gasteiger partial charge >= 0.3 is 0 Å². The summed E-state index contributed by atoms with van der Waals surface area (Å²) in [4.78, 5) is 17.2. The molecule has 1 aromatic carbocycles. The predicted octanol–water partition coefficient (Wildman–Crippen LogP) is 5.22. The van der Waals surface area contributed by atoms with Gasteiger partial charge in [-0.15, -0.1) is 22.7 Å². The van der Waals surface area contributed by atoms with Crippen molar-refractivity contribution in [1.29, 1.82) is 0 Å². The van der Waals surface area contributed by atoms with Gasteiger partial charge in [0.15, 0.2) is 5.13 Å². The lowest BCUT2D eigenvalue weighted by Gasteiger charge is -2.30. The van der Waals surface area contributed by atoms with Crippen LogP contribution < -0.4 is 5.32 Å². The summed E-state index contributed by atoms with van der Waals surface area (Å²) in [5.74, 6) is -0.651. The van der Waals surface area contributed by atoms with Gasteiger partial charge in [-0.3, -0.25) is 4.79 Å². The fourth-order valence-electron chi connectivity index (χ4n) is 3.24. The summed E-state index contributed by atoms with van der Waals surface area (Å²) >= 11 is 14.5. The lowest BCUT2D eigenvalue weighted by Crippen LogP contribution is -2.43. The van der Waals surface area contributed by atoms with Crippen LogP contribution in [0.5, 0.6) is 0 Å². The number of aromatic nitrogens is 1. The predicted molar refractivity (Wildman–Crippen MR) is 122 cm³/mol. The fraction of sp³-hybridized carbons (Fsp3) is 0.263. The zero-order valence-corrected chi connectivity index (χ0v) is 19.5. The molecule has 6 nitrogen and oxygen atoms in total. The van der Waals surface area contributed by atoms with Gasteiger partial charge in [0.05, 0.1) is 21.7 Å². The SMILES string of the molecule is O=C(Nc1nc(-c2ccc(Cl)c(Cl)c2)cs1)C1CCCN(S(=O)(=O)c2cccs2)C1. The molecule has 1 amide bonds. The number of hydrogen-bond acceptors (Lipinski definition) is 6. The molecule has 1 aliphatic heterocycles. The number of sulfonamides is 1. The van der Waals surface area contributed by atoms with E-state index in [0.717, 1.165) is 5.56 Å². The van der Waals surface area contributed by atoms with E-state index >= 15 is 0 Å². The molecule has 1 atom stereocenters. The standard InChI is InChI=1S/C19H17Cl2N3O3S3/c20-14-6-5-12(9-15(14)21)16-11-29-19(22-16)23-18(25)13-3-1-7-24(10-13)30(26,27)17-4-2-8-28-17/h2,4-6,8-9,11,13H,1,3,7,10H2,(H,22,23,25). The number of nitrogens with one attached hydrogen (secondary N) is 1. The van der Waals surface area contributed by atoms with E-state index in [-0.39, 0.29) is 12.5 Å². The molecule has 0 spiro atoms. The number of amides is 1. The van der Waals surface area contributed by atoms with E-state index in [9.17, 15) is 13.2 Å². The molecule has 1 fully saturated rings. The Labute approximate surface area is 192 Å². The molecule has 0 bridgehead atoms. The monoisotopic (exact) mass is 501 g/mol. The molecule has 1 unspecified atom stereocenters. The first-order chi connectivity index (χ1) is 14.3. The number of piperidine rings is 1. The topological polar surface area (TPSA) is 79.4 Å². The molecular formula is C19H17Cl2N3O3S3. The molecule has 3 aromatic rings. The largest absolute Gasteiger partial charge is 0.302 e. The van der Waals surface area contributed by atoms with Crippen molar-refractivity contribution in [1.82, 2.24) is 9.29 Å². The van der Waals surface area contributed by atoms with Gasteiger partial charge in [0.25, 0.3) is 10.0 Å². The zero-order chi connectivity index (χ0) is 21.3. The zero-order valence-electron chi connectivity index (χ0n) is 15.5. The molecule has 2 aromatic heterocycles. The van der Waals surface area contributed by atoms with Crippen molar-refractivity contribution in [2.45, 2.75) is 17.1 Å². The van der Waals surface area contributed by atoms with Crippen LogP contribution in [0.2, 0.25) is 10.0 Å². The number of thiazole rings is 1. The first-order valence-electron chi connectivity index (χ1n) is 9.10. The Balaban J connectivity index is 1.44. The van der Waals surface area contributed by atoms with Gasteiger partial charge in [-0.1, -0.05) is 35.3 Å². The van der Waals surface area contributed by atoms with E-state index in [4.69, 9.17) is 23.2 Å². The Morgan fingerprint density at radius 2 is 2.03 bits per heavy atom. The number of benzene rings is 1. The first kappa shape index (κ1) is 21.7. The van der Waals surface area contributed by atoms with E-state index in [1.807, 2.05) is 11.4 Å². The number of hydrogen-bond donors (Lipinski definition) is 1. The molecule has 1 aliphatic rings. The average Bonchev–Trinajstić information content (AvgIpc) is 3.43. The van der Waals surface area contributed by atoms with Gasteiger partial charge in [0.2, 0.25) is 5.91 Å². The summed E-state index contributed by atoms with van der Waals surface area (Å²) in [6.07, 6.45) is 1.27. The molecule has 1 saturated heterocycles. The Morgan fingerprint density at radius 1 is 1.20 bits per heavy atom. The van der Waals surface area contributed by atoms with Gasteiger partial charge in [-0.2, -0.15) is 4.31 Å². The van der Waals surface area contributed by atoms with E-state index in [1.165, 1.54) is 27.0 Å². The van der Waals surface area contributed by atoms with Crippen molar-refractivity contribution < 1.29 is 13.2 Å². The van der Waals surface area contributed by atoms with Crippen LogP contribution in [-0.4, -0.2) is 36.7 Å². The number of carbonyl (C=O) groups is 1. The second-order valence-corrected chi connectivity index (χ2v) is 11.6. The van der Waals surface area contributed by atoms with Gasteiger partial charge < -0.3 is 5.32 Å². The molecule has 11 heteroatoms. The third-order valence-corrected chi connectivity index (χ3v) is 9.53. The highest BCUT2D eigenvalue weighted by atomic mass is 35.5. The van der Waals surface area contributed by atoms with Crippen LogP contribution >= 0.6 is 45.9 Å². The maximum Gasteiger partial charge on any atom is 0.252 e. The number of halogens is 2. The molecule has 30 heavy (non-hydrogen) atoms. The summed E-state index contributed by atoms with van der Waals surface area (Å²) in [5.41, 5.74) is 1.48. The third-order valence-electron chi connectivity index (χ3n) is 4.79. The molecule has 0 radical (unpaired) electrons. The van der Waals surface area contributed by atoms with Crippen LogP contribution in [0.25, 0.3) is 11.3 Å². The minimum absolute atomic E-state index is 0.164. The molecule has 0 saturated carbocycles. The van der Waals surface area contributed by atoms with E-state index < -0.39 is 15.9 Å². The molecule has 158 valence electrons. The van der Waals surface area contributed by atoms with E-state index in [2.05, 4.69) is 10.3 Å². The van der Waals surface area contributed by atoms with Gasteiger partial charge in [0, 0.05) is 24.0 Å². The van der Waals surface area contributed by atoms with Crippen LogP contribution in [0.4, 0.5) is 5.13 Å². The Bertz CT molecular complexity index is 1160.